The largest absolute Gasteiger partial charge is 0.475 e. The van der Waals surface area contributed by atoms with Gasteiger partial charge in [-0.25, -0.2) is 9.78 Å². The van der Waals surface area contributed by atoms with Gasteiger partial charge >= 0.3 is 5.97 Å². The van der Waals surface area contributed by atoms with Crippen LogP contribution in [0.4, 0.5) is 0 Å². The molecule has 64 valence electrons. The molecule has 0 aromatic carbocycles. The number of halogens is 1. The van der Waals surface area contributed by atoms with Gasteiger partial charge < -0.3 is 5.11 Å². The Morgan fingerprint density at radius 1 is 1.67 bits per heavy atom. The van der Waals surface area contributed by atoms with Crippen molar-refractivity contribution < 1.29 is 14.7 Å². The van der Waals surface area contributed by atoms with Crippen LogP contribution in [0, 0.1) is 0 Å². The second kappa shape index (κ2) is 3.64. The number of thiazole rings is 1. The van der Waals surface area contributed by atoms with Gasteiger partial charge in [0.1, 0.15) is 9.34 Å². The van der Waals surface area contributed by atoms with E-state index in [0.717, 1.165) is 11.3 Å². The first-order valence-corrected chi connectivity index (χ1v) is 4.15. The number of Topliss-reactive ketones (excluding diaryl/α,β-unsaturated/α-hetero) is 1. The molecule has 0 atom stereocenters. The van der Waals surface area contributed by atoms with Crippen LogP contribution in [-0.4, -0.2) is 21.8 Å². The first kappa shape index (κ1) is 9.15. The number of carboxylic acid groups (broad SMARTS) is 1. The van der Waals surface area contributed by atoms with Gasteiger partial charge in [-0.15, -0.1) is 11.3 Å². The standard InChI is InChI=1S/C6H4ClNO3S/c7-4-2-8-5(12-4)1-3(9)6(10)11/h2H,1H2,(H,10,11). The van der Waals surface area contributed by atoms with Crippen molar-refractivity contribution in [1.29, 1.82) is 0 Å². The summed E-state index contributed by atoms with van der Waals surface area (Å²) in [6.07, 6.45) is 1.20. The predicted molar refractivity (Wildman–Crippen MR) is 43.5 cm³/mol. The van der Waals surface area contributed by atoms with E-state index in [9.17, 15) is 9.59 Å². The van der Waals surface area contributed by atoms with Crippen LogP contribution in [0.15, 0.2) is 6.20 Å². The van der Waals surface area contributed by atoms with E-state index in [4.69, 9.17) is 16.7 Å². The summed E-state index contributed by atoms with van der Waals surface area (Å²) in [6.45, 7) is 0. The van der Waals surface area contributed by atoms with Crippen molar-refractivity contribution in [2.45, 2.75) is 6.42 Å². The molecule has 1 aromatic rings. The normalized spacial score (nSPS) is 9.75. The van der Waals surface area contributed by atoms with Crippen molar-refractivity contribution in [2.24, 2.45) is 0 Å². The first-order chi connectivity index (χ1) is 5.59. The predicted octanol–water partition coefficient (Wildman–Crippen LogP) is 0.993. The molecule has 0 saturated carbocycles. The fourth-order valence-electron chi connectivity index (χ4n) is 0.583. The molecular formula is C6H4ClNO3S. The lowest BCUT2D eigenvalue weighted by Crippen LogP contribution is -2.14. The Labute approximate surface area is 76.8 Å². The number of hydrogen-bond donors (Lipinski definition) is 1. The third-order valence-corrected chi connectivity index (χ3v) is 2.19. The summed E-state index contributed by atoms with van der Waals surface area (Å²) in [5, 5.41) is 8.67. The first-order valence-electron chi connectivity index (χ1n) is 2.96. The summed E-state index contributed by atoms with van der Waals surface area (Å²) in [5.41, 5.74) is 0. The van der Waals surface area contributed by atoms with Gasteiger partial charge in [0, 0.05) is 0 Å². The van der Waals surface area contributed by atoms with Crippen LogP contribution in [0.3, 0.4) is 0 Å². The maximum absolute atomic E-state index is 10.6. The summed E-state index contributed by atoms with van der Waals surface area (Å²) in [6, 6.07) is 0. The molecule has 1 rings (SSSR count). The number of carbonyl (C=O) groups is 2. The third-order valence-electron chi connectivity index (χ3n) is 1.08. The highest BCUT2D eigenvalue weighted by molar-refractivity contribution is 7.15. The molecule has 0 bridgehead atoms. The van der Waals surface area contributed by atoms with E-state index < -0.39 is 11.8 Å². The second-order valence-electron chi connectivity index (χ2n) is 1.96. The molecule has 0 aliphatic carbocycles. The van der Waals surface area contributed by atoms with Gasteiger partial charge in [0.25, 0.3) is 0 Å². The van der Waals surface area contributed by atoms with Crippen molar-refractivity contribution >= 4 is 34.7 Å². The van der Waals surface area contributed by atoms with E-state index in [1.54, 1.807) is 0 Å². The molecule has 4 nitrogen and oxygen atoms in total. The molecular weight excluding hydrogens is 202 g/mol. The molecule has 1 heterocycles. The van der Waals surface area contributed by atoms with Crippen LogP contribution < -0.4 is 0 Å². The number of carbonyl (C=O) groups excluding carboxylic acids is 1. The van der Waals surface area contributed by atoms with Gasteiger partial charge in [0.15, 0.2) is 0 Å². The summed E-state index contributed by atoms with van der Waals surface area (Å²) in [5.74, 6) is -2.32. The van der Waals surface area contributed by atoms with Crippen molar-refractivity contribution in [3.8, 4) is 0 Å². The van der Waals surface area contributed by atoms with Crippen LogP contribution in [0.1, 0.15) is 5.01 Å². The SMILES string of the molecule is O=C(O)C(=O)Cc1ncc(Cl)s1. The number of nitrogens with zero attached hydrogens (tertiary/aromatic N) is 1. The lowest BCUT2D eigenvalue weighted by atomic mass is 10.3. The zero-order chi connectivity index (χ0) is 9.14. The highest BCUT2D eigenvalue weighted by atomic mass is 35.5. The Morgan fingerprint density at radius 3 is 2.75 bits per heavy atom. The fourth-order valence-corrected chi connectivity index (χ4v) is 1.54. The summed E-state index contributed by atoms with van der Waals surface area (Å²) in [4.78, 5) is 24.5. The van der Waals surface area contributed by atoms with E-state index >= 15 is 0 Å². The van der Waals surface area contributed by atoms with Gasteiger partial charge in [-0.05, 0) is 0 Å². The quantitative estimate of drug-likeness (QED) is 0.748. The summed E-state index contributed by atoms with van der Waals surface area (Å²) >= 11 is 6.62. The third kappa shape index (κ3) is 2.28. The highest BCUT2D eigenvalue weighted by Crippen LogP contribution is 2.18. The van der Waals surface area contributed by atoms with Gasteiger partial charge in [0.05, 0.1) is 12.6 Å². The van der Waals surface area contributed by atoms with E-state index in [0.29, 0.717) is 9.34 Å². The number of rotatable bonds is 3. The molecule has 1 aromatic heterocycles. The minimum atomic E-state index is -1.44. The van der Waals surface area contributed by atoms with Crippen molar-refractivity contribution in [2.75, 3.05) is 0 Å². The number of aromatic nitrogens is 1. The van der Waals surface area contributed by atoms with E-state index in [1.165, 1.54) is 6.20 Å². The highest BCUT2D eigenvalue weighted by Gasteiger charge is 2.13. The monoisotopic (exact) mass is 205 g/mol. The number of hydrogen-bond acceptors (Lipinski definition) is 4. The number of ketones is 1. The zero-order valence-electron chi connectivity index (χ0n) is 5.78. The van der Waals surface area contributed by atoms with Gasteiger partial charge in [-0.2, -0.15) is 0 Å². The van der Waals surface area contributed by atoms with Crippen molar-refractivity contribution in [1.82, 2.24) is 4.98 Å². The Morgan fingerprint density at radius 2 is 2.33 bits per heavy atom. The fraction of sp³-hybridized carbons (Fsp3) is 0.167. The Bertz CT molecular complexity index is 322. The Kier molecular flexibility index (Phi) is 2.78. The lowest BCUT2D eigenvalue weighted by Gasteiger charge is -1.88. The van der Waals surface area contributed by atoms with Gasteiger partial charge in [0.2, 0.25) is 5.78 Å². The molecule has 0 spiro atoms. The van der Waals surface area contributed by atoms with E-state index in [-0.39, 0.29) is 6.42 Å². The average Bonchev–Trinajstić information content (AvgIpc) is 2.35. The lowest BCUT2D eigenvalue weighted by molar-refractivity contribution is -0.148. The van der Waals surface area contributed by atoms with Crippen molar-refractivity contribution in [3.05, 3.63) is 15.5 Å². The van der Waals surface area contributed by atoms with E-state index in [1.807, 2.05) is 0 Å². The molecule has 0 radical (unpaired) electrons. The van der Waals surface area contributed by atoms with Gasteiger partial charge in [-0.3, -0.25) is 4.79 Å². The maximum Gasteiger partial charge on any atom is 0.372 e. The number of aliphatic carboxylic acids is 1. The molecule has 0 fully saturated rings. The maximum atomic E-state index is 10.6. The minimum Gasteiger partial charge on any atom is -0.475 e. The zero-order valence-corrected chi connectivity index (χ0v) is 7.35. The molecule has 6 heteroatoms. The molecule has 0 saturated heterocycles. The van der Waals surface area contributed by atoms with Crippen LogP contribution in [0.25, 0.3) is 0 Å². The average molecular weight is 206 g/mol. The smallest absolute Gasteiger partial charge is 0.372 e. The molecule has 12 heavy (non-hydrogen) atoms. The van der Waals surface area contributed by atoms with Crippen LogP contribution in [0.2, 0.25) is 4.34 Å². The Hall–Kier alpha value is -0.940. The van der Waals surface area contributed by atoms with Crippen molar-refractivity contribution in [3.63, 3.8) is 0 Å². The topological polar surface area (TPSA) is 67.3 Å². The summed E-state index contributed by atoms with van der Waals surface area (Å²) in [7, 11) is 0. The van der Waals surface area contributed by atoms with Crippen LogP contribution in [-0.2, 0) is 16.0 Å². The van der Waals surface area contributed by atoms with E-state index in [2.05, 4.69) is 4.98 Å². The molecule has 0 aliphatic rings. The number of carboxylic acids is 1. The van der Waals surface area contributed by atoms with Crippen LogP contribution >= 0.6 is 22.9 Å². The summed E-state index contributed by atoms with van der Waals surface area (Å²) < 4.78 is 0.447. The molecule has 0 aliphatic heterocycles. The minimum absolute atomic E-state index is 0.188. The molecule has 0 unspecified atom stereocenters. The molecule has 1 N–H and O–H groups in total. The Balaban J connectivity index is 2.64. The van der Waals surface area contributed by atoms with Crippen LogP contribution in [0.5, 0.6) is 0 Å². The molecule has 0 amide bonds. The second-order valence-corrected chi connectivity index (χ2v) is 3.71. The van der Waals surface area contributed by atoms with Gasteiger partial charge in [-0.1, -0.05) is 11.6 Å².